The molecule has 0 aliphatic heterocycles. The second-order valence-electron chi connectivity index (χ2n) is 3.65. The molecule has 2 nitrogen and oxygen atoms in total. The van der Waals surface area contributed by atoms with E-state index in [0.717, 1.165) is 5.76 Å². The summed E-state index contributed by atoms with van der Waals surface area (Å²) in [6, 6.07) is 2.20. The van der Waals surface area contributed by atoms with Crippen LogP contribution in [0.25, 0.3) is 0 Å². The van der Waals surface area contributed by atoms with Gasteiger partial charge in [-0.05, 0) is 31.7 Å². The highest BCUT2D eigenvalue weighted by molar-refractivity contribution is 5.21. The van der Waals surface area contributed by atoms with E-state index in [1.54, 1.807) is 6.26 Å². The summed E-state index contributed by atoms with van der Waals surface area (Å²) in [5.74, 6) is 1.68. The van der Waals surface area contributed by atoms with Crippen LogP contribution in [0.2, 0.25) is 0 Å². The second kappa shape index (κ2) is 2.94. The standard InChI is InChI=1S/C10H15NO/c1-7-9(5-6-12-7)10(11)8-3-2-4-8/h5-6,8,10H,2-4,11H2,1H3. The average molecular weight is 165 g/mol. The molecule has 1 aliphatic rings. The Morgan fingerprint density at radius 1 is 1.58 bits per heavy atom. The van der Waals surface area contributed by atoms with E-state index in [1.807, 2.05) is 13.0 Å². The van der Waals surface area contributed by atoms with Gasteiger partial charge in [0.05, 0.1) is 6.26 Å². The molecule has 1 unspecified atom stereocenters. The zero-order valence-corrected chi connectivity index (χ0v) is 7.42. The highest BCUT2D eigenvalue weighted by Crippen LogP contribution is 2.37. The van der Waals surface area contributed by atoms with Crippen LogP contribution < -0.4 is 5.73 Å². The molecule has 66 valence electrons. The Labute approximate surface area is 72.7 Å². The van der Waals surface area contributed by atoms with Gasteiger partial charge in [-0.15, -0.1) is 0 Å². The maximum absolute atomic E-state index is 6.09. The molecule has 2 N–H and O–H groups in total. The number of rotatable bonds is 2. The smallest absolute Gasteiger partial charge is 0.105 e. The zero-order valence-electron chi connectivity index (χ0n) is 7.42. The highest BCUT2D eigenvalue weighted by atomic mass is 16.3. The molecule has 2 heteroatoms. The lowest BCUT2D eigenvalue weighted by atomic mass is 9.78. The van der Waals surface area contributed by atoms with Gasteiger partial charge in [0.1, 0.15) is 5.76 Å². The fourth-order valence-electron chi connectivity index (χ4n) is 1.79. The predicted molar refractivity (Wildman–Crippen MR) is 47.7 cm³/mol. The maximum Gasteiger partial charge on any atom is 0.105 e. The van der Waals surface area contributed by atoms with Gasteiger partial charge in [-0.25, -0.2) is 0 Å². The van der Waals surface area contributed by atoms with Gasteiger partial charge in [0.25, 0.3) is 0 Å². The minimum absolute atomic E-state index is 0.206. The molecule has 1 atom stereocenters. The van der Waals surface area contributed by atoms with E-state index in [-0.39, 0.29) is 6.04 Å². The molecule has 1 aliphatic carbocycles. The van der Waals surface area contributed by atoms with E-state index < -0.39 is 0 Å². The predicted octanol–water partition coefficient (Wildman–Crippen LogP) is 2.39. The van der Waals surface area contributed by atoms with E-state index in [0.29, 0.717) is 5.92 Å². The van der Waals surface area contributed by atoms with Crippen molar-refractivity contribution in [3.05, 3.63) is 23.7 Å². The summed E-state index contributed by atoms with van der Waals surface area (Å²) in [6.07, 6.45) is 5.63. The summed E-state index contributed by atoms with van der Waals surface area (Å²) >= 11 is 0. The van der Waals surface area contributed by atoms with Crippen molar-refractivity contribution in [1.29, 1.82) is 0 Å². The Morgan fingerprint density at radius 3 is 2.75 bits per heavy atom. The summed E-state index contributed by atoms with van der Waals surface area (Å²) in [7, 11) is 0. The Morgan fingerprint density at radius 2 is 2.33 bits per heavy atom. The normalized spacial score (nSPS) is 20.5. The fraction of sp³-hybridized carbons (Fsp3) is 0.600. The lowest BCUT2D eigenvalue weighted by Gasteiger charge is -2.30. The van der Waals surface area contributed by atoms with Crippen LogP contribution in [0.15, 0.2) is 16.7 Å². The van der Waals surface area contributed by atoms with E-state index >= 15 is 0 Å². The number of hydrogen-bond acceptors (Lipinski definition) is 2. The Bertz CT molecular complexity index is 263. The summed E-state index contributed by atoms with van der Waals surface area (Å²) in [4.78, 5) is 0. The molecule has 0 saturated heterocycles. The van der Waals surface area contributed by atoms with Crippen LogP contribution in [-0.4, -0.2) is 0 Å². The molecule has 2 rings (SSSR count). The molecular weight excluding hydrogens is 150 g/mol. The van der Waals surface area contributed by atoms with Gasteiger partial charge < -0.3 is 10.2 Å². The molecule has 0 spiro atoms. The summed E-state index contributed by atoms with van der Waals surface area (Å²) in [5, 5.41) is 0. The highest BCUT2D eigenvalue weighted by Gasteiger charge is 2.27. The van der Waals surface area contributed by atoms with Crippen LogP contribution in [0.1, 0.15) is 36.6 Å². The Kier molecular flexibility index (Phi) is 1.93. The lowest BCUT2D eigenvalue weighted by molar-refractivity contribution is 0.262. The Balaban J connectivity index is 2.13. The quantitative estimate of drug-likeness (QED) is 0.730. The van der Waals surface area contributed by atoms with Crippen molar-refractivity contribution in [2.45, 2.75) is 32.2 Å². The lowest BCUT2D eigenvalue weighted by Crippen LogP contribution is -2.26. The fourth-order valence-corrected chi connectivity index (χ4v) is 1.79. The van der Waals surface area contributed by atoms with Crippen LogP contribution in [0, 0.1) is 12.8 Å². The molecule has 1 fully saturated rings. The first-order valence-corrected chi connectivity index (χ1v) is 4.58. The third kappa shape index (κ3) is 1.16. The molecule has 0 amide bonds. The van der Waals surface area contributed by atoms with Crippen molar-refractivity contribution >= 4 is 0 Å². The third-order valence-electron chi connectivity index (χ3n) is 2.92. The van der Waals surface area contributed by atoms with E-state index in [4.69, 9.17) is 10.2 Å². The topological polar surface area (TPSA) is 39.2 Å². The Hall–Kier alpha value is -0.760. The molecule has 1 heterocycles. The average Bonchev–Trinajstić information content (AvgIpc) is 2.31. The van der Waals surface area contributed by atoms with E-state index in [1.165, 1.54) is 24.8 Å². The van der Waals surface area contributed by atoms with Crippen molar-refractivity contribution in [3.8, 4) is 0 Å². The molecule has 12 heavy (non-hydrogen) atoms. The van der Waals surface area contributed by atoms with Gasteiger partial charge in [0.15, 0.2) is 0 Å². The third-order valence-corrected chi connectivity index (χ3v) is 2.92. The number of aryl methyl sites for hydroxylation is 1. The number of nitrogens with two attached hydrogens (primary N) is 1. The number of hydrogen-bond donors (Lipinski definition) is 1. The van der Waals surface area contributed by atoms with E-state index in [2.05, 4.69) is 0 Å². The van der Waals surface area contributed by atoms with Gasteiger partial charge >= 0.3 is 0 Å². The van der Waals surface area contributed by atoms with Crippen molar-refractivity contribution in [1.82, 2.24) is 0 Å². The minimum Gasteiger partial charge on any atom is -0.469 e. The molecule has 1 aromatic rings. The molecule has 0 radical (unpaired) electrons. The van der Waals surface area contributed by atoms with Gasteiger partial charge in [0, 0.05) is 11.6 Å². The molecule has 0 bridgehead atoms. The summed E-state index contributed by atoms with van der Waals surface area (Å²) < 4.78 is 5.22. The summed E-state index contributed by atoms with van der Waals surface area (Å²) in [5.41, 5.74) is 7.28. The van der Waals surface area contributed by atoms with Crippen LogP contribution >= 0.6 is 0 Å². The van der Waals surface area contributed by atoms with E-state index in [9.17, 15) is 0 Å². The molecule has 0 aromatic carbocycles. The maximum atomic E-state index is 6.09. The summed E-state index contributed by atoms with van der Waals surface area (Å²) in [6.45, 7) is 1.98. The minimum atomic E-state index is 0.206. The van der Waals surface area contributed by atoms with Crippen molar-refractivity contribution in [3.63, 3.8) is 0 Å². The van der Waals surface area contributed by atoms with Crippen molar-refractivity contribution in [2.24, 2.45) is 11.7 Å². The van der Waals surface area contributed by atoms with Crippen LogP contribution in [-0.2, 0) is 0 Å². The number of furan rings is 1. The first-order chi connectivity index (χ1) is 5.79. The van der Waals surface area contributed by atoms with Crippen molar-refractivity contribution in [2.75, 3.05) is 0 Å². The molecule has 1 aromatic heterocycles. The van der Waals surface area contributed by atoms with Crippen LogP contribution in [0.5, 0.6) is 0 Å². The van der Waals surface area contributed by atoms with Crippen molar-refractivity contribution < 1.29 is 4.42 Å². The zero-order chi connectivity index (χ0) is 8.55. The first-order valence-electron chi connectivity index (χ1n) is 4.58. The second-order valence-corrected chi connectivity index (χ2v) is 3.65. The molecular formula is C10H15NO. The SMILES string of the molecule is Cc1occc1C(N)C1CCC1. The van der Waals surface area contributed by atoms with Gasteiger partial charge in [-0.2, -0.15) is 0 Å². The van der Waals surface area contributed by atoms with Crippen LogP contribution in [0.3, 0.4) is 0 Å². The van der Waals surface area contributed by atoms with Gasteiger partial charge in [0.2, 0.25) is 0 Å². The monoisotopic (exact) mass is 165 g/mol. The first kappa shape index (κ1) is 7.87. The van der Waals surface area contributed by atoms with Gasteiger partial charge in [-0.1, -0.05) is 6.42 Å². The van der Waals surface area contributed by atoms with Crippen LogP contribution in [0.4, 0.5) is 0 Å². The molecule has 1 saturated carbocycles. The largest absolute Gasteiger partial charge is 0.469 e. The van der Waals surface area contributed by atoms with Gasteiger partial charge in [-0.3, -0.25) is 0 Å².